The highest BCUT2D eigenvalue weighted by Crippen LogP contribution is 2.12. The molecule has 1 amide bonds. The van der Waals surface area contributed by atoms with Crippen LogP contribution in [0.4, 0.5) is 5.82 Å². The Morgan fingerprint density at radius 3 is 2.57 bits per heavy atom. The minimum Gasteiger partial charge on any atom is -0.384 e. The number of rotatable bonds is 9. The fraction of sp³-hybridized carbons (Fsp3) is 0.647. The van der Waals surface area contributed by atoms with Crippen LogP contribution >= 0.6 is 0 Å². The fourth-order valence-electron chi connectivity index (χ4n) is 2.48. The molecule has 1 heterocycles. The minimum absolute atomic E-state index is 0.0315. The lowest BCUT2D eigenvalue weighted by Crippen LogP contribution is -2.35. The fourth-order valence-corrected chi connectivity index (χ4v) is 2.48. The summed E-state index contributed by atoms with van der Waals surface area (Å²) in [4.78, 5) is 16.7. The molecule has 0 radical (unpaired) electrons. The van der Waals surface area contributed by atoms with Crippen molar-refractivity contribution in [2.24, 2.45) is 0 Å². The summed E-state index contributed by atoms with van der Waals surface area (Å²) in [5.41, 5.74) is 7.33. The third-order valence-electron chi connectivity index (χ3n) is 3.55. The van der Waals surface area contributed by atoms with Gasteiger partial charge in [-0.25, -0.2) is 4.98 Å². The van der Waals surface area contributed by atoms with Crippen LogP contribution in [-0.4, -0.2) is 16.9 Å². The van der Waals surface area contributed by atoms with Crippen molar-refractivity contribution in [3.05, 3.63) is 23.4 Å². The number of carbonyl (C=O) groups excluding carboxylic acids is 1. The highest BCUT2D eigenvalue weighted by Gasteiger charge is 2.14. The summed E-state index contributed by atoms with van der Waals surface area (Å²) in [6, 6.07) is 3.78. The Hall–Kier alpha value is -1.58. The molecule has 1 atom stereocenters. The van der Waals surface area contributed by atoms with Crippen molar-refractivity contribution in [1.29, 1.82) is 0 Å². The first-order valence-corrected chi connectivity index (χ1v) is 8.17. The highest BCUT2D eigenvalue weighted by molar-refractivity contribution is 5.95. The van der Waals surface area contributed by atoms with Crippen LogP contribution in [0.15, 0.2) is 12.1 Å². The Bertz CT molecular complexity index is 446. The normalized spacial score (nSPS) is 12.1. The van der Waals surface area contributed by atoms with Gasteiger partial charge in [-0.2, -0.15) is 0 Å². The van der Waals surface area contributed by atoms with E-state index in [0.717, 1.165) is 50.6 Å². The van der Waals surface area contributed by atoms with Crippen molar-refractivity contribution in [3.8, 4) is 0 Å². The molecule has 0 saturated carbocycles. The molecule has 1 aromatic heterocycles. The number of anilines is 1. The van der Waals surface area contributed by atoms with Crippen LogP contribution in [0.2, 0.25) is 0 Å². The van der Waals surface area contributed by atoms with Crippen LogP contribution in [-0.2, 0) is 6.42 Å². The summed E-state index contributed by atoms with van der Waals surface area (Å²) < 4.78 is 0. The molecule has 118 valence electrons. The zero-order chi connectivity index (χ0) is 15.7. The van der Waals surface area contributed by atoms with Gasteiger partial charge in [0.15, 0.2) is 0 Å². The van der Waals surface area contributed by atoms with Crippen molar-refractivity contribution in [2.75, 3.05) is 5.73 Å². The summed E-state index contributed by atoms with van der Waals surface area (Å²) in [5.74, 6) is 0.391. The summed E-state index contributed by atoms with van der Waals surface area (Å²) in [7, 11) is 0. The molecule has 0 aliphatic carbocycles. The molecule has 1 aromatic rings. The number of carbonyl (C=O) groups is 1. The van der Waals surface area contributed by atoms with Gasteiger partial charge in [-0.3, -0.25) is 4.79 Å². The Kier molecular flexibility index (Phi) is 7.80. The first-order valence-electron chi connectivity index (χ1n) is 8.17. The van der Waals surface area contributed by atoms with Gasteiger partial charge in [0.05, 0.1) is 0 Å². The lowest BCUT2D eigenvalue weighted by atomic mass is 10.0. The highest BCUT2D eigenvalue weighted by atomic mass is 16.1. The first-order chi connectivity index (χ1) is 10.1. The van der Waals surface area contributed by atoms with E-state index in [1.807, 2.05) is 6.07 Å². The van der Waals surface area contributed by atoms with Crippen LogP contribution in [0.5, 0.6) is 0 Å². The average molecular weight is 291 g/mol. The molecule has 0 spiro atoms. The van der Waals surface area contributed by atoms with E-state index < -0.39 is 0 Å². The van der Waals surface area contributed by atoms with Gasteiger partial charge < -0.3 is 11.1 Å². The maximum atomic E-state index is 12.4. The zero-order valence-corrected chi connectivity index (χ0v) is 13.6. The van der Waals surface area contributed by atoms with Gasteiger partial charge in [0.1, 0.15) is 5.82 Å². The van der Waals surface area contributed by atoms with E-state index in [4.69, 9.17) is 5.73 Å². The smallest absolute Gasteiger partial charge is 0.251 e. The van der Waals surface area contributed by atoms with Crippen molar-refractivity contribution >= 4 is 11.7 Å². The van der Waals surface area contributed by atoms with E-state index in [1.54, 1.807) is 6.07 Å². The molecule has 1 rings (SSSR count). The van der Waals surface area contributed by atoms with E-state index in [2.05, 4.69) is 31.1 Å². The second-order valence-electron chi connectivity index (χ2n) is 5.62. The number of pyridine rings is 1. The third-order valence-corrected chi connectivity index (χ3v) is 3.55. The van der Waals surface area contributed by atoms with Crippen LogP contribution in [0.25, 0.3) is 0 Å². The number of nitrogens with zero attached hydrogens (tertiary/aromatic N) is 1. The quantitative estimate of drug-likeness (QED) is 0.729. The minimum atomic E-state index is -0.0315. The SMILES string of the molecule is CCCCC(CCC)NC(=O)c1cc(N)nc(CCC)c1. The Morgan fingerprint density at radius 2 is 1.95 bits per heavy atom. The van der Waals surface area contributed by atoms with E-state index in [9.17, 15) is 4.79 Å². The monoisotopic (exact) mass is 291 g/mol. The molecular formula is C17H29N3O. The van der Waals surface area contributed by atoms with Crippen LogP contribution in [0, 0.1) is 0 Å². The van der Waals surface area contributed by atoms with Crippen molar-refractivity contribution in [3.63, 3.8) is 0 Å². The van der Waals surface area contributed by atoms with Gasteiger partial charge in [-0.15, -0.1) is 0 Å². The van der Waals surface area contributed by atoms with Gasteiger partial charge in [0.25, 0.3) is 5.91 Å². The lowest BCUT2D eigenvalue weighted by Gasteiger charge is -2.18. The molecule has 0 aliphatic rings. The number of aromatic nitrogens is 1. The largest absolute Gasteiger partial charge is 0.384 e. The van der Waals surface area contributed by atoms with Crippen LogP contribution < -0.4 is 11.1 Å². The standard InChI is InChI=1S/C17H29N3O/c1-4-7-10-14(8-5-2)20-17(21)13-11-15(9-6-3)19-16(18)12-13/h11-12,14H,4-10H2,1-3H3,(H2,18,19)(H,20,21). The summed E-state index contributed by atoms with van der Waals surface area (Å²) in [6.07, 6.45) is 7.27. The van der Waals surface area contributed by atoms with Gasteiger partial charge in [0.2, 0.25) is 0 Å². The zero-order valence-electron chi connectivity index (χ0n) is 13.6. The molecule has 1 unspecified atom stereocenters. The van der Waals surface area contributed by atoms with Gasteiger partial charge >= 0.3 is 0 Å². The van der Waals surface area contributed by atoms with Crippen molar-refractivity contribution < 1.29 is 4.79 Å². The average Bonchev–Trinajstić information content (AvgIpc) is 2.44. The van der Waals surface area contributed by atoms with Gasteiger partial charge in [-0.05, 0) is 31.4 Å². The summed E-state index contributed by atoms with van der Waals surface area (Å²) in [5, 5.41) is 3.14. The summed E-state index contributed by atoms with van der Waals surface area (Å²) >= 11 is 0. The van der Waals surface area contributed by atoms with Gasteiger partial charge in [0, 0.05) is 17.3 Å². The van der Waals surface area contributed by atoms with E-state index in [0.29, 0.717) is 11.4 Å². The van der Waals surface area contributed by atoms with E-state index in [-0.39, 0.29) is 11.9 Å². The molecule has 21 heavy (non-hydrogen) atoms. The Labute approximate surface area is 128 Å². The van der Waals surface area contributed by atoms with Crippen molar-refractivity contribution in [1.82, 2.24) is 10.3 Å². The number of hydrogen-bond acceptors (Lipinski definition) is 3. The molecule has 0 bridgehead atoms. The molecular weight excluding hydrogens is 262 g/mol. The molecule has 4 heteroatoms. The number of amides is 1. The maximum absolute atomic E-state index is 12.4. The molecule has 0 saturated heterocycles. The van der Waals surface area contributed by atoms with Crippen LogP contribution in [0.3, 0.4) is 0 Å². The number of aryl methyl sites for hydroxylation is 1. The Balaban J connectivity index is 2.76. The maximum Gasteiger partial charge on any atom is 0.251 e. The van der Waals surface area contributed by atoms with Gasteiger partial charge in [-0.1, -0.05) is 46.5 Å². The summed E-state index contributed by atoms with van der Waals surface area (Å²) in [6.45, 7) is 6.41. The number of nitrogen functional groups attached to an aromatic ring is 1. The van der Waals surface area contributed by atoms with Crippen LogP contribution in [0.1, 0.15) is 75.3 Å². The molecule has 0 aliphatic heterocycles. The predicted octanol–water partition coefficient (Wildman–Crippen LogP) is 3.71. The van der Waals surface area contributed by atoms with E-state index in [1.165, 1.54) is 0 Å². The topological polar surface area (TPSA) is 68.0 Å². The molecule has 0 fully saturated rings. The van der Waals surface area contributed by atoms with Crippen molar-refractivity contribution in [2.45, 2.75) is 71.8 Å². The lowest BCUT2D eigenvalue weighted by molar-refractivity contribution is 0.0932. The number of nitrogens with two attached hydrogens (primary N) is 1. The molecule has 0 aromatic carbocycles. The molecule has 4 nitrogen and oxygen atoms in total. The second-order valence-corrected chi connectivity index (χ2v) is 5.62. The number of nitrogens with one attached hydrogen (secondary N) is 1. The molecule has 3 N–H and O–H groups in total. The van der Waals surface area contributed by atoms with E-state index >= 15 is 0 Å². The second kappa shape index (κ2) is 9.37. The number of hydrogen-bond donors (Lipinski definition) is 2. The first kappa shape index (κ1) is 17.5. The third kappa shape index (κ3) is 6.15. The predicted molar refractivity (Wildman–Crippen MR) is 88.3 cm³/mol. The number of unbranched alkanes of at least 4 members (excludes halogenated alkanes) is 1. The Morgan fingerprint density at radius 1 is 1.19 bits per heavy atom.